The summed E-state index contributed by atoms with van der Waals surface area (Å²) in [4.78, 5) is 23.4. The molecule has 0 aliphatic carbocycles. The topological polar surface area (TPSA) is 95.8 Å². The van der Waals surface area contributed by atoms with Crippen LogP contribution >= 0.6 is 11.6 Å². The summed E-state index contributed by atoms with van der Waals surface area (Å²) >= 11 is 6.43. The van der Waals surface area contributed by atoms with Crippen LogP contribution in [0.3, 0.4) is 0 Å². The Morgan fingerprint density at radius 2 is 2.03 bits per heavy atom. The molecular weight excluding hydrogens is 466 g/mol. The van der Waals surface area contributed by atoms with Crippen molar-refractivity contribution in [2.45, 2.75) is 44.6 Å². The van der Waals surface area contributed by atoms with Crippen LogP contribution in [0.15, 0.2) is 48.8 Å². The van der Waals surface area contributed by atoms with Crippen molar-refractivity contribution in [1.82, 2.24) is 14.9 Å². The van der Waals surface area contributed by atoms with Gasteiger partial charge in [0, 0.05) is 29.0 Å². The molecule has 7 nitrogen and oxygen atoms in total. The Bertz CT molecular complexity index is 1150. The minimum atomic E-state index is -0.896. The fourth-order valence-electron chi connectivity index (χ4n) is 5.00. The number of benzene rings is 1. The third-order valence-electron chi connectivity index (χ3n) is 7.20. The second kappa shape index (κ2) is 11.3. The molecule has 0 saturated carbocycles. The number of piperidine rings is 1. The predicted octanol–water partition coefficient (Wildman–Crippen LogP) is 4.91. The third kappa shape index (κ3) is 5.92. The SMILES string of the molecule is COc1ccc2ncc(Cl)c([C@@H](O)CCC3(C(=O)O)CCN(CCCc4ccccn4)CC3)c2c1. The number of halogens is 1. The molecule has 0 bridgehead atoms. The summed E-state index contributed by atoms with van der Waals surface area (Å²) in [6, 6.07) is 11.4. The Labute approximate surface area is 210 Å². The summed E-state index contributed by atoms with van der Waals surface area (Å²) in [5.41, 5.74) is 1.52. The number of carbonyl (C=O) groups is 1. The van der Waals surface area contributed by atoms with E-state index in [0.29, 0.717) is 47.5 Å². The lowest BCUT2D eigenvalue weighted by atomic mass is 9.74. The number of hydrogen-bond acceptors (Lipinski definition) is 6. The van der Waals surface area contributed by atoms with Gasteiger partial charge in [-0.15, -0.1) is 0 Å². The van der Waals surface area contributed by atoms with Gasteiger partial charge in [-0.1, -0.05) is 17.7 Å². The number of ether oxygens (including phenoxy) is 1. The molecule has 3 heterocycles. The number of aromatic nitrogens is 2. The number of rotatable bonds is 10. The first-order valence-corrected chi connectivity index (χ1v) is 12.5. The molecule has 35 heavy (non-hydrogen) atoms. The van der Waals surface area contributed by atoms with Gasteiger partial charge in [0.2, 0.25) is 0 Å². The van der Waals surface area contributed by atoms with Crippen LogP contribution in [0.2, 0.25) is 5.02 Å². The quantitative estimate of drug-likeness (QED) is 0.411. The van der Waals surface area contributed by atoms with Crippen molar-refractivity contribution in [3.05, 3.63) is 65.1 Å². The highest BCUT2D eigenvalue weighted by Gasteiger charge is 2.41. The predicted molar refractivity (Wildman–Crippen MR) is 136 cm³/mol. The van der Waals surface area contributed by atoms with Crippen LogP contribution in [0.25, 0.3) is 10.9 Å². The van der Waals surface area contributed by atoms with Gasteiger partial charge in [-0.05, 0) is 88.5 Å². The summed E-state index contributed by atoms with van der Waals surface area (Å²) in [5, 5.41) is 22.3. The number of likely N-dealkylation sites (tertiary alicyclic amines) is 1. The number of aryl methyl sites for hydroxylation is 1. The zero-order valence-electron chi connectivity index (χ0n) is 20.0. The molecule has 1 saturated heterocycles. The van der Waals surface area contributed by atoms with Crippen LogP contribution in [-0.4, -0.2) is 57.8 Å². The van der Waals surface area contributed by atoms with Gasteiger partial charge in [-0.25, -0.2) is 0 Å². The Morgan fingerprint density at radius 1 is 1.23 bits per heavy atom. The van der Waals surface area contributed by atoms with E-state index in [4.69, 9.17) is 16.3 Å². The van der Waals surface area contributed by atoms with Crippen molar-refractivity contribution in [3.8, 4) is 5.75 Å². The maximum absolute atomic E-state index is 12.3. The molecule has 1 fully saturated rings. The lowest BCUT2D eigenvalue weighted by Crippen LogP contribution is -2.44. The second-order valence-electron chi connectivity index (χ2n) is 9.31. The summed E-state index contributed by atoms with van der Waals surface area (Å²) in [7, 11) is 1.58. The zero-order valence-corrected chi connectivity index (χ0v) is 20.7. The van der Waals surface area contributed by atoms with Crippen molar-refractivity contribution in [2.75, 3.05) is 26.7 Å². The maximum atomic E-state index is 12.3. The number of pyridine rings is 2. The Hall–Kier alpha value is -2.74. The van der Waals surface area contributed by atoms with Crippen LogP contribution in [0.4, 0.5) is 0 Å². The van der Waals surface area contributed by atoms with Crippen LogP contribution in [0.1, 0.15) is 49.5 Å². The lowest BCUT2D eigenvalue weighted by molar-refractivity contribution is -0.153. The van der Waals surface area contributed by atoms with Gasteiger partial charge in [0.1, 0.15) is 5.75 Å². The molecule has 1 atom stereocenters. The molecule has 2 aromatic heterocycles. The van der Waals surface area contributed by atoms with E-state index < -0.39 is 17.5 Å². The number of carboxylic acid groups (broad SMARTS) is 1. The van der Waals surface area contributed by atoms with Crippen molar-refractivity contribution in [1.29, 1.82) is 0 Å². The molecule has 3 aromatic rings. The Kier molecular flexibility index (Phi) is 8.21. The fourth-order valence-corrected chi connectivity index (χ4v) is 5.27. The maximum Gasteiger partial charge on any atom is 0.309 e. The van der Waals surface area contributed by atoms with Crippen LogP contribution in [0, 0.1) is 5.41 Å². The molecule has 0 unspecified atom stereocenters. The van der Waals surface area contributed by atoms with E-state index in [2.05, 4.69) is 14.9 Å². The molecule has 0 spiro atoms. The number of methoxy groups -OCH3 is 1. The van der Waals surface area contributed by atoms with Crippen LogP contribution in [0.5, 0.6) is 5.75 Å². The molecule has 1 aliphatic rings. The van der Waals surface area contributed by atoms with Gasteiger partial charge in [0.05, 0.1) is 29.2 Å². The molecule has 2 N–H and O–H groups in total. The molecule has 0 radical (unpaired) electrons. The first-order chi connectivity index (χ1) is 16.9. The standard InChI is InChI=1S/C27H32ClN3O4/c1-35-20-7-8-23-21(17-20)25(22(28)18-30-23)24(32)9-10-27(26(33)34)11-15-31(16-12-27)14-4-6-19-5-2-3-13-29-19/h2-3,5,7-8,13,17-18,24,32H,4,6,9-12,14-16H2,1H3,(H,33,34)/t24-/m0/s1. The highest BCUT2D eigenvalue weighted by molar-refractivity contribution is 6.32. The molecular formula is C27H32ClN3O4. The number of hydrogen-bond donors (Lipinski definition) is 2. The van der Waals surface area contributed by atoms with E-state index in [9.17, 15) is 15.0 Å². The fraction of sp³-hybridized carbons (Fsp3) is 0.444. The largest absolute Gasteiger partial charge is 0.497 e. The van der Waals surface area contributed by atoms with E-state index in [1.165, 1.54) is 6.20 Å². The van der Waals surface area contributed by atoms with Gasteiger partial charge in [0.25, 0.3) is 0 Å². The number of carboxylic acids is 1. The molecule has 1 aromatic carbocycles. The minimum Gasteiger partial charge on any atom is -0.497 e. The smallest absolute Gasteiger partial charge is 0.309 e. The van der Waals surface area contributed by atoms with E-state index >= 15 is 0 Å². The van der Waals surface area contributed by atoms with E-state index in [0.717, 1.165) is 43.6 Å². The summed E-state index contributed by atoms with van der Waals surface area (Å²) in [5.74, 6) is -0.141. The van der Waals surface area contributed by atoms with E-state index in [-0.39, 0.29) is 0 Å². The summed E-state index contributed by atoms with van der Waals surface area (Å²) < 4.78 is 5.32. The Balaban J connectivity index is 1.38. The first kappa shape index (κ1) is 25.4. The zero-order chi connectivity index (χ0) is 24.8. The van der Waals surface area contributed by atoms with Gasteiger partial charge >= 0.3 is 5.97 Å². The van der Waals surface area contributed by atoms with Gasteiger partial charge < -0.3 is 19.8 Å². The van der Waals surface area contributed by atoms with Crippen molar-refractivity contribution in [3.63, 3.8) is 0 Å². The van der Waals surface area contributed by atoms with Gasteiger partial charge in [0.15, 0.2) is 0 Å². The minimum absolute atomic E-state index is 0.308. The molecule has 8 heteroatoms. The number of aliphatic carboxylic acids is 1. The molecule has 1 aliphatic heterocycles. The Morgan fingerprint density at radius 3 is 2.71 bits per heavy atom. The van der Waals surface area contributed by atoms with Crippen molar-refractivity contribution in [2.24, 2.45) is 5.41 Å². The highest BCUT2D eigenvalue weighted by atomic mass is 35.5. The van der Waals surface area contributed by atoms with Gasteiger partial charge in [-0.3, -0.25) is 14.8 Å². The number of fused-ring (bicyclic) bond motifs is 1. The highest BCUT2D eigenvalue weighted by Crippen LogP contribution is 2.41. The number of nitrogens with zero attached hydrogens (tertiary/aromatic N) is 3. The van der Waals surface area contributed by atoms with Crippen LogP contribution in [-0.2, 0) is 11.2 Å². The second-order valence-corrected chi connectivity index (χ2v) is 9.72. The molecule has 0 amide bonds. The lowest BCUT2D eigenvalue weighted by Gasteiger charge is -2.39. The number of aliphatic hydroxyl groups excluding tert-OH is 1. The van der Waals surface area contributed by atoms with E-state index in [1.807, 2.05) is 42.6 Å². The van der Waals surface area contributed by atoms with Gasteiger partial charge in [-0.2, -0.15) is 0 Å². The summed E-state index contributed by atoms with van der Waals surface area (Å²) in [6.45, 7) is 2.40. The van der Waals surface area contributed by atoms with Crippen LogP contribution < -0.4 is 4.74 Å². The first-order valence-electron chi connectivity index (χ1n) is 12.1. The normalized spacial score (nSPS) is 16.8. The summed E-state index contributed by atoms with van der Waals surface area (Å²) in [6.07, 6.45) is 6.18. The monoisotopic (exact) mass is 497 g/mol. The average Bonchev–Trinajstić information content (AvgIpc) is 2.88. The van der Waals surface area contributed by atoms with Crippen molar-refractivity contribution >= 4 is 28.5 Å². The molecule has 186 valence electrons. The van der Waals surface area contributed by atoms with E-state index in [1.54, 1.807) is 7.11 Å². The van der Waals surface area contributed by atoms with Crippen molar-refractivity contribution < 1.29 is 19.7 Å². The third-order valence-corrected chi connectivity index (χ3v) is 7.50. The molecule has 4 rings (SSSR count). The average molecular weight is 498 g/mol. The number of aliphatic hydroxyl groups is 1.